The van der Waals surface area contributed by atoms with Crippen molar-refractivity contribution in [2.24, 2.45) is 0 Å². The van der Waals surface area contributed by atoms with Gasteiger partial charge in [0, 0.05) is 30.9 Å². The molecule has 43 heavy (non-hydrogen) atoms. The summed E-state index contributed by atoms with van der Waals surface area (Å²) in [7, 11) is 0. The number of carboxylic acid groups (broad SMARTS) is 1. The molecule has 0 amide bonds. The van der Waals surface area contributed by atoms with Crippen molar-refractivity contribution >= 4 is 11.8 Å². The summed E-state index contributed by atoms with van der Waals surface area (Å²) in [5, 5.41) is 13.2. The number of pyridine rings is 1. The van der Waals surface area contributed by atoms with E-state index in [-0.39, 0.29) is 53.0 Å². The Labute approximate surface area is 241 Å². The fourth-order valence-corrected chi connectivity index (χ4v) is 5.15. The van der Waals surface area contributed by atoms with Gasteiger partial charge in [-0.25, -0.2) is 14.5 Å². The summed E-state index contributed by atoms with van der Waals surface area (Å²) in [5.74, 6) is -1.02. The highest BCUT2D eigenvalue weighted by Crippen LogP contribution is 2.43. The molecule has 4 aromatic rings. The van der Waals surface area contributed by atoms with Gasteiger partial charge in [0.25, 0.3) is 0 Å². The standard InChI is InChI=1S/C29H23F5N4O5/c1-16(19-8-9-22-23(13-19)43-29(33,34)42-22)41-24-14-20(10-11-35-24)38-26-21(25(36-38)28(30,31)32)3-2-12-37(26)15-17-4-6-18(7-5-17)27(39)40/h4-11,13-14,16H,2-3,12,15H2,1H3,(H,39,40). The number of fused-ring (bicyclic) bond motifs is 2. The van der Waals surface area contributed by atoms with Crippen LogP contribution in [-0.2, 0) is 19.1 Å². The SMILES string of the molecule is CC(Oc1cc(-n2nc(C(F)(F)F)c3c2N(Cc2ccc(C(=O)O)cc2)CCC3)ccn1)c1ccc2c(c1)OC(F)(F)O2. The zero-order valence-corrected chi connectivity index (χ0v) is 22.4. The van der Waals surface area contributed by atoms with Crippen molar-refractivity contribution in [1.29, 1.82) is 0 Å². The third kappa shape index (κ3) is 5.64. The molecule has 2 aromatic heterocycles. The second-order valence-electron chi connectivity index (χ2n) is 10.1. The van der Waals surface area contributed by atoms with Gasteiger partial charge in [-0.15, -0.1) is 8.78 Å². The first kappa shape index (κ1) is 28.2. The van der Waals surface area contributed by atoms with Crippen LogP contribution in [0.1, 0.15) is 52.2 Å². The first-order chi connectivity index (χ1) is 20.4. The molecule has 0 spiro atoms. The number of alkyl halides is 5. The van der Waals surface area contributed by atoms with Gasteiger partial charge in [-0.05, 0) is 61.2 Å². The summed E-state index contributed by atoms with van der Waals surface area (Å²) in [4.78, 5) is 17.2. The molecule has 0 aliphatic carbocycles. The maximum absolute atomic E-state index is 14.1. The molecule has 0 bridgehead atoms. The Bertz CT molecular complexity index is 1690. The Kier molecular flexibility index (Phi) is 6.86. The van der Waals surface area contributed by atoms with Crippen LogP contribution in [0.2, 0.25) is 0 Å². The minimum absolute atomic E-state index is 0.0608. The number of carbonyl (C=O) groups is 1. The molecule has 2 aliphatic heterocycles. The van der Waals surface area contributed by atoms with Crippen molar-refractivity contribution in [3.05, 3.63) is 88.7 Å². The van der Waals surface area contributed by atoms with Gasteiger partial charge in [0.2, 0.25) is 5.88 Å². The van der Waals surface area contributed by atoms with E-state index in [2.05, 4.69) is 19.6 Å². The summed E-state index contributed by atoms with van der Waals surface area (Å²) in [6, 6.07) is 13.3. The van der Waals surface area contributed by atoms with Gasteiger partial charge in [-0.3, -0.25) is 0 Å². The van der Waals surface area contributed by atoms with Crippen LogP contribution >= 0.6 is 0 Å². The van der Waals surface area contributed by atoms with Crippen LogP contribution in [0.25, 0.3) is 5.69 Å². The van der Waals surface area contributed by atoms with Gasteiger partial charge in [0.1, 0.15) is 11.9 Å². The Morgan fingerprint density at radius 2 is 1.84 bits per heavy atom. The van der Waals surface area contributed by atoms with Gasteiger partial charge >= 0.3 is 18.4 Å². The summed E-state index contributed by atoms with van der Waals surface area (Å²) in [6.07, 6.45) is -7.15. The molecule has 1 N–H and O–H groups in total. The Hall–Kier alpha value is -4.88. The number of aromatic carboxylic acids is 1. The van der Waals surface area contributed by atoms with E-state index in [1.54, 1.807) is 24.0 Å². The molecule has 0 radical (unpaired) electrons. The van der Waals surface area contributed by atoms with Crippen molar-refractivity contribution < 1.29 is 46.1 Å². The lowest BCUT2D eigenvalue weighted by molar-refractivity contribution is -0.286. The Morgan fingerprint density at radius 1 is 1.09 bits per heavy atom. The van der Waals surface area contributed by atoms with Gasteiger partial charge in [-0.1, -0.05) is 18.2 Å². The Balaban J connectivity index is 1.31. The third-order valence-corrected chi connectivity index (χ3v) is 7.11. The van der Waals surface area contributed by atoms with E-state index in [0.29, 0.717) is 24.1 Å². The number of hydrogen-bond acceptors (Lipinski definition) is 7. The topological polar surface area (TPSA) is 98.9 Å². The van der Waals surface area contributed by atoms with Gasteiger partial charge in [-0.2, -0.15) is 18.3 Å². The van der Waals surface area contributed by atoms with Crippen molar-refractivity contribution in [2.45, 2.75) is 44.9 Å². The molecule has 1 unspecified atom stereocenters. The van der Waals surface area contributed by atoms with Crippen LogP contribution in [0.4, 0.5) is 27.8 Å². The lowest BCUT2D eigenvalue weighted by Crippen LogP contribution is -2.31. The van der Waals surface area contributed by atoms with E-state index in [1.807, 2.05) is 0 Å². The number of benzene rings is 2. The minimum Gasteiger partial charge on any atom is -0.478 e. The number of halogens is 5. The predicted octanol–water partition coefficient (Wildman–Crippen LogP) is 6.40. The molecule has 0 saturated heterocycles. The molecule has 224 valence electrons. The van der Waals surface area contributed by atoms with Gasteiger partial charge in [0.15, 0.2) is 17.2 Å². The molecule has 2 aromatic carbocycles. The largest absolute Gasteiger partial charge is 0.586 e. The average molecular weight is 603 g/mol. The highest BCUT2D eigenvalue weighted by Gasteiger charge is 2.44. The molecule has 0 fully saturated rings. The zero-order valence-electron chi connectivity index (χ0n) is 22.4. The lowest BCUT2D eigenvalue weighted by Gasteiger charge is -2.30. The summed E-state index contributed by atoms with van der Waals surface area (Å²) in [5.41, 5.74) is 0.632. The molecular formula is C29H23F5N4O5. The van der Waals surface area contributed by atoms with E-state index in [4.69, 9.17) is 4.74 Å². The zero-order chi connectivity index (χ0) is 30.5. The summed E-state index contributed by atoms with van der Waals surface area (Å²) in [6.45, 7) is 2.33. The molecule has 2 aliphatic rings. The predicted molar refractivity (Wildman–Crippen MR) is 141 cm³/mol. The van der Waals surface area contributed by atoms with Crippen LogP contribution < -0.4 is 19.1 Å². The van der Waals surface area contributed by atoms with Crippen molar-refractivity contribution in [3.8, 4) is 23.1 Å². The average Bonchev–Trinajstić information content (AvgIpc) is 3.50. The van der Waals surface area contributed by atoms with Crippen molar-refractivity contribution in [3.63, 3.8) is 0 Å². The Morgan fingerprint density at radius 3 is 2.56 bits per heavy atom. The smallest absolute Gasteiger partial charge is 0.478 e. The van der Waals surface area contributed by atoms with Crippen LogP contribution in [0.3, 0.4) is 0 Å². The molecule has 9 nitrogen and oxygen atoms in total. The number of aromatic nitrogens is 3. The van der Waals surface area contributed by atoms with E-state index >= 15 is 0 Å². The highest BCUT2D eigenvalue weighted by molar-refractivity contribution is 5.87. The summed E-state index contributed by atoms with van der Waals surface area (Å²) < 4.78 is 85.2. The van der Waals surface area contributed by atoms with E-state index in [9.17, 15) is 31.9 Å². The first-order valence-corrected chi connectivity index (χ1v) is 13.2. The molecule has 4 heterocycles. The van der Waals surface area contributed by atoms with E-state index in [1.165, 1.54) is 53.3 Å². The molecule has 6 rings (SSSR count). The number of hydrogen-bond donors (Lipinski definition) is 1. The monoisotopic (exact) mass is 602 g/mol. The second-order valence-corrected chi connectivity index (χ2v) is 10.1. The first-order valence-electron chi connectivity index (χ1n) is 13.2. The lowest BCUT2D eigenvalue weighted by atomic mass is 10.0. The van der Waals surface area contributed by atoms with Gasteiger partial charge < -0.3 is 24.2 Å². The molecule has 14 heteroatoms. The highest BCUT2D eigenvalue weighted by atomic mass is 19.4. The fourth-order valence-electron chi connectivity index (χ4n) is 5.15. The van der Waals surface area contributed by atoms with Crippen LogP contribution in [0.15, 0.2) is 60.8 Å². The number of nitrogens with zero attached hydrogens (tertiary/aromatic N) is 4. The second kappa shape index (κ2) is 10.4. The number of rotatable bonds is 7. The molecular weight excluding hydrogens is 579 g/mol. The number of carboxylic acids is 1. The van der Waals surface area contributed by atoms with Crippen LogP contribution in [0, 0.1) is 0 Å². The van der Waals surface area contributed by atoms with Crippen LogP contribution in [-0.4, -0.2) is 38.7 Å². The molecule has 0 saturated carbocycles. The number of anilines is 1. The quantitative estimate of drug-likeness (QED) is 0.243. The van der Waals surface area contributed by atoms with Crippen molar-refractivity contribution in [1.82, 2.24) is 14.8 Å². The third-order valence-electron chi connectivity index (χ3n) is 7.11. The van der Waals surface area contributed by atoms with Gasteiger partial charge in [0.05, 0.1) is 11.3 Å². The van der Waals surface area contributed by atoms with E-state index < -0.39 is 30.2 Å². The summed E-state index contributed by atoms with van der Waals surface area (Å²) >= 11 is 0. The van der Waals surface area contributed by atoms with Crippen LogP contribution in [0.5, 0.6) is 17.4 Å². The number of ether oxygens (including phenoxy) is 3. The molecule has 1 atom stereocenters. The minimum atomic E-state index is -4.70. The normalized spacial score (nSPS) is 16.1. The fraction of sp³-hybridized carbons (Fsp3) is 0.276. The maximum atomic E-state index is 14.1. The maximum Gasteiger partial charge on any atom is 0.586 e. The van der Waals surface area contributed by atoms with Crippen molar-refractivity contribution in [2.75, 3.05) is 11.4 Å². The van der Waals surface area contributed by atoms with E-state index in [0.717, 1.165) is 0 Å².